The van der Waals surface area contributed by atoms with Crippen LogP contribution < -0.4 is 5.73 Å². The SMILES string of the molecule is Cc1cnc2c(c1)nc(Cc1ccccc1)n2CCCCN. The lowest BCUT2D eigenvalue weighted by Gasteiger charge is -2.08. The van der Waals surface area contributed by atoms with Crippen molar-refractivity contribution in [1.29, 1.82) is 0 Å². The number of nitrogens with two attached hydrogens (primary N) is 1. The van der Waals surface area contributed by atoms with E-state index in [0.29, 0.717) is 0 Å². The van der Waals surface area contributed by atoms with E-state index in [2.05, 4.69) is 46.8 Å². The van der Waals surface area contributed by atoms with Crippen molar-refractivity contribution in [3.05, 3.63) is 59.5 Å². The number of nitrogens with zero attached hydrogens (tertiary/aromatic N) is 3. The highest BCUT2D eigenvalue weighted by molar-refractivity contribution is 5.72. The molecule has 2 heterocycles. The maximum absolute atomic E-state index is 5.62. The lowest BCUT2D eigenvalue weighted by Crippen LogP contribution is -2.08. The molecule has 0 saturated heterocycles. The van der Waals surface area contributed by atoms with Gasteiger partial charge in [-0.25, -0.2) is 9.97 Å². The summed E-state index contributed by atoms with van der Waals surface area (Å²) < 4.78 is 2.25. The van der Waals surface area contributed by atoms with Gasteiger partial charge in [0.2, 0.25) is 0 Å². The third-order valence-corrected chi connectivity index (χ3v) is 3.84. The molecule has 0 radical (unpaired) electrons. The molecule has 1 aromatic carbocycles. The molecule has 0 fully saturated rings. The average Bonchev–Trinajstić information content (AvgIpc) is 2.85. The lowest BCUT2D eigenvalue weighted by molar-refractivity contribution is 0.604. The highest BCUT2D eigenvalue weighted by Crippen LogP contribution is 2.18. The summed E-state index contributed by atoms with van der Waals surface area (Å²) >= 11 is 0. The second kappa shape index (κ2) is 6.71. The predicted octanol–water partition coefficient (Wildman–Crippen LogP) is 3.07. The predicted molar refractivity (Wildman–Crippen MR) is 89.8 cm³/mol. The zero-order chi connectivity index (χ0) is 15.4. The summed E-state index contributed by atoms with van der Waals surface area (Å²) in [5, 5.41) is 0. The van der Waals surface area contributed by atoms with Crippen molar-refractivity contribution in [1.82, 2.24) is 14.5 Å². The van der Waals surface area contributed by atoms with Crippen LogP contribution in [0.3, 0.4) is 0 Å². The molecule has 0 aliphatic heterocycles. The van der Waals surface area contributed by atoms with Crippen LogP contribution in [0.25, 0.3) is 11.2 Å². The van der Waals surface area contributed by atoms with E-state index >= 15 is 0 Å². The van der Waals surface area contributed by atoms with Crippen LogP contribution >= 0.6 is 0 Å². The zero-order valence-corrected chi connectivity index (χ0v) is 13.0. The summed E-state index contributed by atoms with van der Waals surface area (Å²) in [6, 6.07) is 12.6. The standard InChI is InChI=1S/C18H22N4/c1-14-11-16-18(20-13-14)22(10-6-5-9-19)17(21-16)12-15-7-3-2-4-8-15/h2-4,7-8,11,13H,5-6,9-10,12,19H2,1H3. The van der Waals surface area contributed by atoms with E-state index in [1.807, 2.05) is 12.3 Å². The highest BCUT2D eigenvalue weighted by Gasteiger charge is 2.12. The van der Waals surface area contributed by atoms with Gasteiger partial charge in [0.05, 0.1) is 0 Å². The number of fused-ring (bicyclic) bond motifs is 1. The van der Waals surface area contributed by atoms with E-state index in [9.17, 15) is 0 Å². The molecule has 3 aromatic rings. The van der Waals surface area contributed by atoms with E-state index in [1.165, 1.54) is 5.56 Å². The minimum absolute atomic E-state index is 0.729. The topological polar surface area (TPSA) is 56.7 Å². The Kier molecular flexibility index (Phi) is 4.49. The number of unbranched alkanes of at least 4 members (excludes halogenated alkanes) is 1. The van der Waals surface area contributed by atoms with Crippen molar-refractivity contribution in [2.45, 2.75) is 32.7 Å². The van der Waals surface area contributed by atoms with Crippen molar-refractivity contribution in [2.24, 2.45) is 5.73 Å². The normalized spacial score (nSPS) is 11.2. The first kappa shape index (κ1) is 14.7. The van der Waals surface area contributed by atoms with Crippen LogP contribution in [0.5, 0.6) is 0 Å². The minimum atomic E-state index is 0.729. The molecule has 0 aliphatic rings. The Hall–Kier alpha value is -2.20. The Morgan fingerprint density at radius 2 is 1.95 bits per heavy atom. The monoisotopic (exact) mass is 294 g/mol. The smallest absolute Gasteiger partial charge is 0.160 e. The van der Waals surface area contributed by atoms with Crippen molar-refractivity contribution >= 4 is 11.2 Å². The fourth-order valence-electron chi connectivity index (χ4n) is 2.72. The Labute approximate surface area is 131 Å². The van der Waals surface area contributed by atoms with Crippen LogP contribution in [0.4, 0.5) is 0 Å². The Morgan fingerprint density at radius 3 is 2.73 bits per heavy atom. The second-order valence-corrected chi connectivity index (χ2v) is 5.69. The second-order valence-electron chi connectivity index (χ2n) is 5.69. The van der Waals surface area contributed by atoms with Gasteiger partial charge in [-0.2, -0.15) is 0 Å². The van der Waals surface area contributed by atoms with Gasteiger partial charge in [0.25, 0.3) is 0 Å². The van der Waals surface area contributed by atoms with Crippen LogP contribution in [0.15, 0.2) is 42.6 Å². The largest absolute Gasteiger partial charge is 0.330 e. The summed E-state index contributed by atoms with van der Waals surface area (Å²) in [4.78, 5) is 9.41. The molecule has 0 bridgehead atoms. The molecule has 0 unspecified atom stereocenters. The molecular weight excluding hydrogens is 272 g/mol. The van der Waals surface area contributed by atoms with Gasteiger partial charge in [-0.3, -0.25) is 0 Å². The van der Waals surface area contributed by atoms with Gasteiger partial charge in [-0.1, -0.05) is 30.3 Å². The van der Waals surface area contributed by atoms with Crippen LogP contribution in [-0.2, 0) is 13.0 Å². The van der Waals surface area contributed by atoms with E-state index < -0.39 is 0 Å². The van der Waals surface area contributed by atoms with Crippen molar-refractivity contribution < 1.29 is 0 Å². The van der Waals surface area contributed by atoms with Crippen LogP contribution in [-0.4, -0.2) is 21.1 Å². The molecule has 114 valence electrons. The van der Waals surface area contributed by atoms with Crippen molar-refractivity contribution in [2.75, 3.05) is 6.54 Å². The third-order valence-electron chi connectivity index (χ3n) is 3.84. The zero-order valence-electron chi connectivity index (χ0n) is 13.0. The number of aryl methyl sites for hydroxylation is 2. The maximum Gasteiger partial charge on any atom is 0.160 e. The number of pyridine rings is 1. The first-order valence-electron chi connectivity index (χ1n) is 7.83. The quantitative estimate of drug-likeness (QED) is 0.711. The van der Waals surface area contributed by atoms with Crippen LogP contribution in [0.1, 0.15) is 29.8 Å². The summed E-state index contributed by atoms with van der Waals surface area (Å²) in [6.45, 7) is 3.70. The van der Waals surface area contributed by atoms with Gasteiger partial charge in [-0.05, 0) is 43.5 Å². The molecular formula is C18H22N4. The van der Waals surface area contributed by atoms with E-state index in [4.69, 9.17) is 10.7 Å². The summed E-state index contributed by atoms with van der Waals surface area (Å²) in [6.07, 6.45) is 4.82. The molecule has 4 nitrogen and oxygen atoms in total. The van der Waals surface area contributed by atoms with Crippen LogP contribution in [0, 0.1) is 6.92 Å². The molecule has 0 aliphatic carbocycles. The Balaban J connectivity index is 1.97. The van der Waals surface area contributed by atoms with Crippen molar-refractivity contribution in [3.63, 3.8) is 0 Å². The summed E-state index contributed by atoms with van der Waals surface area (Å²) in [5.74, 6) is 1.08. The molecule has 2 N–H and O–H groups in total. The fraction of sp³-hybridized carbons (Fsp3) is 0.333. The number of hydrogen-bond acceptors (Lipinski definition) is 3. The molecule has 0 saturated carbocycles. The third kappa shape index (κ3) is 3.17. The van der Waals surface area contributed by atoms with Gasteiger partial charge in [0, 0.05) is 19.2 Å². The first-order valence-corrected chi connectivity index (χ1v) is 7.83. The van der Waals surface area contributed by atoms with Crippen molar-refractivity contribution in [3.8, 4) is 0 Å². The maximum atomic E-state index is 5.62. The fourth-order valence-corrected chi connectivity index (χ4v) is 2.72. The van der Waals surface area contributed by atoms with Gasteiger partial charge in [-0.15, -0.1) is 0 Å². The van der Waals surface area contributed by atoms with Crippen LogP contribution in [0.2, 0.25) is 0 Å². The van der Waals surface area contributed by atoms with Gasteiger partial charge in [0.1, 0.15) is 11.3 Å². The number of hydrogen-bond donors (Lipinski definition) is 1. The number of rotatable bonds is 6. The van der Waals surface area contributed by atoms with E-state index in [1.54, 1.807) is 0 Å². The lowest BCUT2D eigenvalue weighted by atomic mass is 10.1. The summed E-state index contributed by atoms with van der Waals surface area (Å²) in [7, 11) is 0. The number of benzene rings is 1. The molecule has 0 spiro atoms. The minimum Gasteiger partial charge on any atom is -0.330 e. The molecule has 0 atom stereocenters. The molecule has 3 rings (SSSR count). The van der Waals surface area contributed by atoms with Gasteiger partial charge >= 0.3 is 0 Å². The van der Waals surface area contributed by atoms with E-state index in [-0.39, 0.29) is 0 Å². The molecule has 22 heavy (non-hydrogen) atoms. The molecule has 4 heteroatoms. The highest BCUT2D eigenvalue weighted by atomic mass is 15.1. The molecule has 2 aromatic heterocycles. The molecule has 0 amide bonds. The van der Waals surface area contributed by atoms with Gasteiger partial charge < -0.3 is 10.3 Å². The average molecular weight is 294 g/mol. The van der Waals surface area contributed by atoms with Gasteiger partial charge in [0.15, 0.2) is 5.65 Å². The first-order chi connectivity index (χ1) is 10.8. The Bertz CT molecular complexity index is 746. The number of imidazole rings is 1. The number of aromatic nitrogens is 3. The Morgan fingerprint density at radius 1 is 1.14 bits per heavy atom. The summed E-state index contributed by atoms with van der Waals surface area (Å²) in [5.41, 5.74) is 10.0. The van der Waals surface area contributed by atoms with E-state index in [0.717, 1.165) is 54.9 Å².